The smallest absolute Gasteiger partial charge is 0.101 e. The number of aromatic nitrogens is 3. The third-order valence-corrected chi connectivity index (χ3v) is 4.33. The molecule has 25 heavy (non-hydrogen) atoms. The van der Waals surface area contributed by atoms with Crippen LogP contribution < -0.4 is 0 Å². The summed E-state index contributed by atoms with van der Waals surface area (Å²) < 4.78 is 0. The van der Waals surface area contributed by atoms with Gasteiger partial charge in [0.1, 0.15) is 5.69 Å². The van der Waals surface area contributed by atoms with Crippen molar-refractivity contribution in [1.82, 2.24) is 15.2 Å². The molecule has 4 aromatic rings. The second-order valence-corrected chi connectivity index (χ2v) is 6.30. The van der Waals surface area contributed by atoms with E-state index in [1.807, 2.05) is 24.5 Å². The lowest BCUT2D eigenvalue weighted by atomic mass is 9.95. The van der Waals surface area contributed by atoms with Crippen LogP contribution in [0.3, 0.4) is 0 Å². The topological polar surface area (TPSA) is 41.6 Å². The van der Waals surface area contributed by atoms with Crippen LogP contribution in [0.25, 0.3) is 33.6 Å². The largest absolute Gasteiger partial charge is 0.277 e. The predicted octanol–water partition coefficient (Wildman–Crippen LogP) is 5.42. The Morgan fingerprint density at radius 1 is 0.720 bits per heavy atom. The summed E-state index contributed by atoms with van der Waals surface area (Å²) >= 11 is 0. The van der Waals surface area contributed by atoms with Gasteiger partial charge in [-0.05, 0) is 43.7 Å². The Morgan fingerprint density at radius 3 is 2.04 bits per heavy atom. The summed E-state index contributed by atoms with van der Waals surface area (Å²) in [5, 5.41) is 7.93. The van der Waals surface area contributed by atoms with Gasteiger partial charge >= 0.3 is 0 Å². The van der Waals surface area contributed by atoms with Gasteiger partial charge in [0.25, 0.3) is 0 Å². The van der Waals surface area contributed by atoms with Crippen LogP contribution in [0.4, 0.5) is 0 Å². The first-order chi connectivity index (χ1) is 12.2. The molecule has 0 aliphatic rings. The maximum atomic E-state index is 4.66. The molecule has 3 nitrogen and oxygen atoms in total. The fourth-order valence-corrected chi connectivity index (χ4v) is 3.15. The van der Waals surface area contributed by atoms with Crippen LogP contribution in [-0.2, 0) is 0 Å². The molecule has 3 heteroatoms. The molecule has 0 aliphatic heterocycles. The number of H-pyrrole nitrogens is 1. The molecule has 0 spiro atoms. The highest BCUT2D eigenvalue weighted by Crippen LogP contribution is 2.38. The molecular formula is C22H19N3. The van der Waals surface area contributed by atoms with Crippen LogP contribution in [0.1, 0.15) is 11.1 Å². The van der Waals surface area contributed by atoms with Gasteiger partial charge in [0, 0.05) is 29.1 Å². The van der Waals surface area contributed by atoms with Gasteiger partial charge in [0.05, 0.1) is 5.69 Å². The van der Waals surface area contributed by atoms with Crippen molar-refractivity contribution >= 4 is 0 Å². The number of hydrogen-bond acceptors (Lipinski definition) is 2. The fraction of sp³-hybridized carbons (Fsp3) is 0.0909. The van der Waals surface area contributed by atoms with Crippen LogP contribution in [0, 0.1) is 13.8 Å². The first-order valence-electron chi connectivity index (χ1n) is 8.35. The molecule has 0 unspecified atom stereocenters. The highest BCUT2D eigenvalue weighted by molar-refractivity contribution is 5.91. The zero-order valence-electron chi connectivity index (χ0n) is 14.3. The Balaban J connectivity index is 1.97. The molecule has 0 fully saturated rings. The summed E-state index contributed by atoms with van der Waals surface area (Å²) in [4.78, 5) is 4.16. The third-order valence-electron chi connectivity index (χ3n) is 4.33. The highest BCUT2D eigenvalue weighted by Gasteiger charge is 2.18. The maximum absolute atomic E-state index is 4.66. The Morgan fingerprint density at radius 2 is 1.36 bits per heavy atom. The third kappa shape index (κ3) is 2.96. The molecule has 0 saturated carbocycles. The normalized spacial score (nSPS) is 10.8. The summed E-state index contributed by atoms with van der Waals surface area (Å²) in [7, 11) is 0. The fourth-order valence-electron chi connectivity index (χ4n) is 3.15. The van der Waals surface area contributed by atoms with E-state index in [9.17, 15) is 0 Å². The lowest BCUT2D eigenvalue weighted by molar-refractivity contribution is 1.10. The molecule has 1 N–H and O–H groups in total. The van der Waals surface area contributed by atoms with Gasteiger partial charge in [-0.1, -0.05) is 47.5 Å². The zero-order chi connectivity index (χ0) is 17.2. The number of nitrogens with zero attached hydrogens (tertiary/aromatic N) is 2. The van der Waals surface area contributed by atoms with E-state index in [2.05, 4.69) is 77.6 Å². The van der Waals surface area contributed by atoms with Crippen LogP contribution in [0.2, 0.25) is 0 Å². The number of hydrogen-bond donors (Lipinski definition) is 1. The first-order valence-corrected chi connectivity index (χ1v) is 8.35. The van der Waals surface area contributed by atoms with Crippen molar-refractivity contribution in [2.45, 2.75) is 13.8 Å². The van der Waals surface area contributed by atoms with Gasteiger partial charge in [0.2, 0.25) is 0 Å². The van der Waals surface area contributed by atoms with Crippen LogP contribution in [0.15, 0.2) is 73.1 Å². The Bertz CT molecular complexity index is 953. The summed E-state index contributed by atoms with van der Waals surface area (Å²) in [5.41, 5.74) is 8.91. The summed E-state index contributed by atoms with van der Waals surface area (Å²) in [5.74, 6) is 0. The van der Waals surface area contributed by atoms with Crippen molar-refractivity contribution in [3.05, 3.63) is 84.2 Å². The van der Waals surface area contributed by atoms with Crippen molar-refractivity contribution in [3.8, 4) is 33.6 Å². The Labute approximate surface area is 147 Å². The van der Waals surface area contributed by atoms with Gasteiger partial charge in [-0.25, -0.2) is 0 Å². The van der Waals surface area contributed by atoms with E-state index in [-0.39, 0.29) is 0 Å². The van der Waals surface area contributed by atoms with Crippen molar-refractivity contribution in [1.29, 1.82) is 0 Å². The number of benzene rings is 2. The molecule has 0 amide bonds. The number of rotatable bonds is 3. The van der Waals surface area contributed by atoms with Gasteiger partial charge < -0.3 is 0 Å². The van der Waals surface area contributed by atoms with Crippen molar-refractivity contribution < 1.29 is 0 Å². The van der Waals surface area contributed by atoms with Crippen molar-refractivity contribution in [3.63, 3.8) is 0 Å². The number of pyridine rings is 1. The molecule has 2 aromatic carbocycles. The second kappa shape index (κ2) is 6.36. The predicted molar refractivity (Wildman–Crippen MR) is 102 cm³/mol. The van der Waals surface area contributed by atoms with Gasteiger partial charge in [-0.15, -0.1) is 0 Å². The average molecular weight is 325 g/mol. The number of aryl methyl sites for hydroxylation is 2. The van der Waals surface area contributed by atoms with E-state index in [1.165, 1.54) is 11.1 Å². The molecular weight excluding hydrogens is 306 g/mol. The lowest BCUT2D eigenvalue weighted by Crippen LogP contribution is -1.87. The monoisotopic (exact) mass is 325 g/mol. The average Bonchev–Trinajstić information content (AvgIpc) is 3.07. The molecule has 0 saturated heterocycles. The van der Waals surface area contributed by atoms with Crippen LogP contribution >= 0.6 is 0 Å². The molecule has 4 rings (SSSR count). The standard InChI is InChI=1S/C22H19N3/c1-15-5-3-7-18(13-15)21-20(17-9-11-23-12-10-17)22(25-24-21)19-8-4-6-16(2)14-19/h3-14H,1-2H3,(H,24,25). The highest BCUT2D eigenvalue weighted by atomic mass is 15.1. The van der Waals surface area contributed by atoms with Gasteiger partial charge in [-0.3, -0.25) is 10.1 Å². The van der Waals surface area contributed by atoms with E-state index in [1.54, 1.807) is 0 Å². The summed E-state index contributed by atoms with van der Waals surface area (Å²) in [6.45, 7) is 4.21. The van der Waals surface area contributed by atoms with Crippen molar-refractivity contribution in [2.24, 2.45) is 0 Å². The molecule has 0 aliphatic carbocycles. The van der Waals surface area contributed by atoms with Gasteiger partial charge in [0.15, 0.2) is 0 Å². The maximum Gasteiger partial charge on any atom is 0.101 e. The lowest BCUT2D eigenvalue weighted by Gasteiger charge is -2.08. The first kappa shape index (κ1) is 15.3. The number of aromatic amines is 1. The zero-order valence-corrected chi connectivity index (χ0v) is 14.3. The summed E-state index contributed by atoms with van der Waals surface area (Å²) in [6.07, 6.45) is 3.64. The van der Waals surface area contributed by atoms with Gasteiger partial charge in [-0.2, -0.15) is 5.10 Å². The van der Waals surface area contributed by atoms with Crippen molar-refractivity contribution in [2.75, 3.05) is 0 Å². The molecule has 0 bridgehead atoms. The molecule has 2 heterocycles. The molecule has 2 aromatic heterocycles. The quantitative estimate of drug-likeness (QED) is 0.546. The minimum absolute atomic E-state index is 0.964. The minimum atomic E-state index is 0.964. The van der Waals surface area contributed by atoms with Crippen LogP contribution in [0.5, 0.6) is 0 Å². The van der Waals surface area contributed by atoms with Crippen LogP contribution in [-0.4, -0.2) is 15.2 Å². The Hall–Kier alpha value is -3.20. The Kier molecular flexibility index (Phi) is 3.90. The molecule has 0 radical (unpaired) electrons. The van der Waals surface area contributed by atoms with E-state index in [0.717, 1.165) is 33.6 Å². The molecule has 0 atom stereocenters. The van der Waals surface area contributed by atoms with E-state index in [4.69, 9.17) is 0 Å². The number of nitrogens with one attached hydrogen (secondary N) is 1. The summed E-state index contributed by atoms with van der Waals surface area (Å²) in [6, 6.07) is 21.0. The van der Waals surface area contributed by atoms with E-state index < -0.39 is 0 Å². The minimum Gasteiger partial charge on any atom is -0.277 e. The van der Waals surface area contributed by atoms with E-state index >= 15 is 0 Å². The second-order valence-electron chi connectivity index (χ2n) is 6.30. The SMILES string of the molecule is Cc1cccc(-c2n[nH]c(-c3cccc(C)c3)c2-c2ccncc2)c1. The van der Waals surface area contributed by atoms with E-state index in [0.29, 0.717) is 0 Å². The molecule has 122 valence electrons.